The quantitative estimate of drug-likeness (QED) is 0.899. The predicted octanol–water partition coefficient (Wildman–Crippen LogP) is 3.91. The van der Waals surface area contributed by atoms with Crippen molar-refractivity contribution in [2.75, 3.05) is 6.54 Å². The number of amides is 2. The molecule has 0 aliphatic carbocycles. The first-order valence-electron chi connectivity index (χ1n) is 8.71. The van der Waals surface area contributed by atoms with E-state index >= 15 is 0 Å². The molecule has 1 saturated heterocycles. The summed E-state index contributed by atoms with van der Waals surface area (Å²) in [4.78, 5) is 26.1. The number of hydrogen-bond acceptors (Lipinski definition) is 4. The minimum atomic E-state index is -0.579. The second-order valence-corrected chi connectivity index (χ2v) is 7.54. The van der Waals surface area contributed by atoms with Crippen LogP contribution in [0.3, 0.4) is 0 Å². The van der Waals surface area contributed by atoms with Crippen molar-refractivity contribution in [3.8, 4) is 0 Å². The van der Waals surface area contributed by atoms with Gasteiger partial charge in [0, 0.05) is 6.54 Å². The molecule has 2 rings (SSSR count). The Hall–Kier alpha value is -2.24. The van der Waals surface area contributed by atoms with Crippen LogP contribution in [0, 0.1) is 5.92 Å². The molecule has 1 N–H and O–H groups in total. The van der Waals surface area contributed by atoms with Gasteiger partial charge in [-0.05, 0) is 45.1 Å². The molecule has 0 saturated carbocycles. The van der Waals surface area contributed by atoms with Crippen molar-refractivity contribution in [2.24, 2.45) is 5.92 Å². The Kier molecular flexibility index (Phi) is 6.28. The number of alkyl carbamates (subject to hydrolysis) is 1. The molecule has 1 fully saturated rings. The van der Waals surface area contributed by atoms with Gasteiger partial charge in [-0.2, -0.15) is 0 Å². The first kappa shape index (κ1) is 19.1. The van der Waals surface area contributed by atoms with Gasteiger partial charge >= 0.3 is 12.2 Å². The number of ether oxygens (including phenoxy) is 2. The van der Waals surface area contributed by atoms with E-state index in [0.717, 1.165) is 12.0 Å². The zero-order valence-corrected chi connectivity index (χ0v) is 15.5. The fourth-order valence-electron chi connectivity index (χ4n) is 2.75. The van der Waals surface area contributed by atoms with Crippen LogP contribution in [0.4, 0.5) is 9.59 Å². The van der Waals surface area contributed by atoms with Gasteiger partial charge in [-0.25, -0.2) is 9.59 Å². The van der Waals surface area contributed by atoms with Crippen molar-refractivity contribution in [2.45, 2.75) is 58.9 Å². The van der Waals surface area contributed by atoms with Crippen LogP contribution < -0.4 is 5.32 Å². The lowest BCUT2D eigenvalue weighted by atomic mass is 9.98. The predicted molar refractivity (Wildman–Crippen MR) is 94.9 cm³/mol. The lowest BCUT2D eigenvalue weighted by Crippen LogP contribution is -2.55. The SMILES string of the molecule is C[C@H]1CC[C@H](NC(=O)OC(C)(C)C)N(C(=O)OCc2ccccc2)C1. The second-order valence-electron chi connectivity index (χ2n) is 7.54. The molecule has 1 aliphatic rings. The maximum absolute atomic E-state index is 12.5. The molecule has 6 nitrogen and oxygen atoms in total. The smallest absolute Gasteiger partial charge is 0.411 e. The van der Waals surface area contributed by atoms with Crippen molar-refractivity contribution in [3.05, 3.63) is 35.9 Å². The lowest BCUT2D eigenvalue weighted by molar-refractivity contribution is 0.0253. The van der Waals surface area contributed by atoms with Gasteiger partial charge in [-0.1, -0.05) is 37.3 Å². The highest BCUT2D eigenvalue weighted by Gasteiger charge is 2.33. The molecule has 6 heteroatoms. The van der Waals surface area contributed by atoms with Gasteiger partial charge in [-0.15, -0.1) is 0 Å². The van der Waals surface area contributed by atoms with Gasteiger partial charge in [0.1, 0.15) is 18.4 Å². The molecular formula is C19H28N2O4. The maximum atomic E-state index is 12.5. The van der Waals surface area contributed by atoms with Crippen LogP contribution >= 0.6 is 0 Å². The third kappa shape index (κ3) is 6.29. The van der Waals surface area contributed by atoms with Crippen molar-refractivity contribution >= 4 is 12.2 Å². The van der Waals surface area contributed by atoms with Gasteiger partial charge in [0.15, 0.2) is 0 Å². The molecule has 2 amide bonds. The van der Waals surface area contributed by atoms with E-state index in [1.165, 1.54) is 0 Å². The van der Waals surface area contributed by atoms with E-state index in [0.29, 0.717) is 18.9 Å². The summed E-state index contributed by atoms with van der Waals surface area (Å²) in [6.07, 6.45) is 0.266. The minimum Gasteiger partial charge on any atom is -0.444 e. The molecule has 1 aromatic carbocycles. The van der Waals surface area contributed by atoms with E-state index in [9.17, 15) is 9.59 Å². The first-order valence-corrected chi connectivity index (χ1v) is 8.71. The number of benzene rings is 1. The fraction of sp³-hybridized carbons (Fsp3) is 0.579. The van der Waals surface area contributed by atoms with Crippen molar-refractivity contribution in [1.29, 1.82) is 0 Å². The van der Waals surface area contributed by atoms with Crippen LogP contribution in [0.2, 0.25) is 0 Å². The van der Waals surface area contributed by atoms with E-state index in [-0.39, 0.29) is 6.61 Å². The monoisotopic (exact) mass is 348 g/mol. The van der Waals surface area contributed by atoms with E-state index in [1.54, 1.807) is 25.7 Å². The van der Waals surface area contributed by atoms with Crippen molar-refractivity contribution < 1.29 is 19.1 Å². The molecule has 138 valence electrons. The summed E-state index contributed by atoms with van der Waals surface area (Å²) < 4.78 is 10.7. The molecular weight excluding hydrogens is 320 g/mol. The highest BCUT2D eigenvalue weighted by molar-refractivity contribution is 5.71. The van der Waals surface area contributed by atoms with Crippen LogP contribution in [-0.2, 0) is 16.1 Å². The van der Waals surface area contributed by atoms with E-state index in [2.05, 4.69) is 12.2 Å². The van der Waals surface area contributed by atoms with Crippen LogP contribution in [0.25, 0.3) is 0 Å². The van der Waals surface area contributed by atoms with Gasteiger partial charge in [0.25, 0.3) is 0 Å². The number of likely N-dealkylation sites (tertiary alicyclic amines) is 1. The summed E-state index contributed by atoms with van der Waals surface area (Å²) in [5.41, 5.74) is 0.350. The second kappa shape index (κ2) is 8.23. The molecule has 1 heterocycles. The topological polar surface area (TPSA) is 67.9 Å². The summed E-state index contributed by atoms with van der Waals surface area (Å²) in [5, 5.41) is 2.79. The number of rotatable bonds is 3. The molecule has 1 aromatic rings. The third-order valence-electron chi connectivity index (χ3n) is 3.94. The van der Waals surface area contributed by atoms with Gasteiger partial charge in [-0.3, -0.25) is 4.90 Å². The van der Waals surface area contributed by atoms with Gasteiger partial charge in [0.2, 0.25) is 0 Å². The maximum Gasteiger partial charge on any atom is 0.411 e. The van der Waals surface area contributed by atoms with Gasteiger partial charge < -0.3 is 14.8 Å². The Morgan fingerprint density at radius 1 is 1.20 bits per heavy atom. The average molecular weight is 348 g/mol. The minimum absolute atomic E-state index is 0.212. The zero-order valence-electron chi connectivity index (χ0n) is 15.5. The Bertz CT molecular complexity index is 583. The van der Waals surface area contributed by atoms with Crippen LogP contribution in [0.1, 0.15) is 46.1 Å². The Morgan fingerprint density at radius 2 is 1.88 bits per heavy atom. The van der Waals surface area contributed by atoms with E-state index < -0.39 is 24.0 Å². The van der Waals surface area contributed by atoms with Crippen molar-refractivity contribution in [3.63, 3.8) is 0 Å². The molecule has 25 heavy (non-hydrogen) atoms. The highest BCUT2D eigenvalue weighted by Crippen LogP contribution is 2.22. The van der Waals surface area contributed by atoms with Gasteiger partial charge in [0.05, 0.1) is 0 Å². The molecule has 2 atom stereocenters. The summed E-state index contributed by atoms with van der Waals surface area (Å²) in [6.45, 7) is 8.27. The molecule has 0 radical (unpaired) electrons. The number of hydrogen-bond donors (Lipinski definition) is 1. The molecule has 0 spiro atoms. The summed E-state index contributed by atoms with van der Waals surface area (Å²) >= 11 is 0. The number of piperidine rings is 1. The van der Waals surface area contributed by atoms with E-state index in [1.807, 2.05) is 30.3 Å². The number of carbonyl (C=O) groups is 2. The Balaban J connectivity index is 1.95. The molecule has 0 aromatic heterocycles. The summed E-state index contributed by atoms with van der Waals surface area (Å²) in [7, 11) is 0. The standard InChI is InChI=1S/C19H28N2O4/c1-14-10-11-16(20-17(22)25-19(2,3)4)21(12-14)18(23)24-13-15-8-6-5-7-9-15/h5-9,14,16H,10-13H2,1-4H3,(H,20,22)/t14-,16+/m0/s1. The number of nitrogens with one attached hydrogen (secondary N) is 1. The van der Waals surface area contributed by atoms with Crippen LogP contribution in [-0.4, -0.2) is 35.4 Å². The van der Waals surface area contributed by atoms with Crippen LogP contribution in [0.15, 0.2) is 30.3 Å². The summed E-state index contributed by atoms with van der Waals surface area (Å²) in [6, 6.07) is 9.53. The largest absolute Gasteiger partial charge is 0.444 e. The average Bonchev–Trinajstić information content (AvgIpc) is 2.53. The summed E-state index contributed by atoms with van der Waals surface area (Å²) in [5.74, 6) is 0.362. The van der Waals surface area contributed by atoms with Crippen molar-refractivity contribution in [1.82, 2.24) is 10.2 Å². The zero-order chi connectivity index (χ0) is 18.4. The Morgan fingerprint density at radius 3 is 2.52 bits per heavy atom. The highest BCUT2D eigenvalue weighted by atomic mass is 16.6. The lowest BCUT2D eigenvalue weighted by Gasteiger charge is -2.38. The van der Waals surface area contributed by atoms with E-state index in [4.69, 9.17) is 9.47 Å². The third-order valence-corrected chi connectivity index (χ3v) is 3.94. The molecule has 0 bridgehead atoms. The molecule has 0 unspecified atom stereocenters. The first-order chi connectivity index (χ1) is 11.7. The number of carbonyl (C=O) groups excluding carboxylic acids is 2. The van der Waals surface area contributed by atoms with Crippen LogP contribution in [0.5, 0.6) is 0 Å². The normalized spacial score (nSPS) is 20.7. The number of nitrogens with zero attached hydrogens (tertiary/aromatic N) is 1. The molecule has 1 aliphatic heterocycles. The Labute approximate surface area is 149 Å². The fourth-order valence-corrected chi connectivity index (χ4v) is 2.75.